The first-order valence-electron chi connectivity index (χ1n) is 10.6. The number of nitrogens with one attached hydrogen (secondary N) is 3. The third-order valence-electron chi connectivity index (χ3n) is 5.28. The molecule has 0 amide bonds. The fraction of sp³-hybridized carbons (Fsp3) is 0.0800. The first kappa shape index (κ1) is 23.8. The van der Waals surface area contributed by atoms with Crippen LogP contribution in [0.5, 0.6) is 0 Å². The number of aromatic amines is 1. The van der Waals surface area contributed by atoms with Gasteiger partial charge in [-0.1, -0.05) is 31.2 Å². The highest BCUT2D eigenvalue weighted by molar-refractivity contribution is 5.86. The van der Waals surface area contributed by atoms with Crippen LogP contribution in [-0.4, -0.2) is 9.97 Å². The van der Waals surface area contributed by atoms with Gasteiger partial charge < -0.3 is 10.7 Å². The first-order chi connectivity index (χ1) is 16.8. The molecule has 10 heteroatoms. The van der Waals surface area contributed by atoms with E-state index in [1.807, 2.05) is 6.92 Å². The molecule has 5 nitrogen and oxygen atoms in total. The molecule has 0 atom stereocenters. The van der Waals surface area contributed by atoms with Gasteiger partial charge in [0.25, 0.3) is 0 Å². The normalized spacial score (nSPS) is 11.5. The Hall–Kier alpha value is -4.34. The van der Waals surface area contributed by atoms with E-state index in [9.17, 15) is 13.2 Å². The van der Waals surface area contributed by atoms with E-state index in [1.54, 1.807) is 12.3 Å². The number of hydrogen-bond donors (Lipinski definition) is 4. The SMILES string of the molecule is CC/C=C(\c1ncc[nH]1)c1ccc(-c2c(F)ccc(NNc3c(F)cccc3F)c2F)c(F)c1N. The van der Waals surface area contributed by atoms with Crippen molar-refractivity contribution in [2.24, 2.45) is 0 Å². The minimum Gasteiger partial charge on any atom is -0.396 e. The number of hydrazine groups is 1. The highest BCUT2D eigenvalue weighted by atomic mass is 19.1. The van der Waals surface area contributed by atoms with Crippen molar-refractivity contribution in [2.45, 2.75) is 13.3 Å². The average molecular weight is 485 g/mol. The molecule has 0 aliphatic heterocycles. The van der Waals surface area contributed by atoms with Crippen molar-refractivity contribution in [1.82, 2.24) is 9.97 Å². The topological polar surface area (TPSA) is 78.8 Å². The summed E-state index contributed by atoms with van der Waals surface area (Å²) in [7, 11) is 0. The molecule has 0 aliphatic rings. The number of imidazole rings is 1. The van der Waals surface area contributed by atoms with Gasteiger partial charge in [-0.15, -0.1) is 0 Å². The Morgan fingerprint density at radius 2 is 1.69 bits per heavy atom. The van der Waals surface area contributed by atoms with Gasteiger partial charge in [-0.25, -0.2) is 26.9 Å². The van der Waals surface area contributed by atoms with Crippen LogP contribution in [0.2, 0.25) is 0 Å². The van der Waals surface area contributed by atoms with Crippen molar-refractivity contribution in [3.63, 3.8) is 0 Å². The minimum atomic E-state index is -1.18. The summed E-state index contributed by atoms with van der Waals surface area (Å²) in [5.74, 6) is -4.66. The van der Waals surface area contributed by atoms with E-state index in [4.69, 9.17) is 5.73 Å². The lowest BCUT2D eigenvalue weighted by molar-refractivity contribution is 0.582. The Labute approximate surface area is 197 Å². The Bertz CT molecular complexity index is 1380. The van der Waals surface area contributed by atoms with Crippen molar-refractivity contribution in [3.8, 4) is 11.1 Å². The molecule has 0 saturated carbocycles. The van der Waals surface area contributed by atoms with Crippen molar-refractivity contribution < 1.29 is 22.0 Å². The number of benzene rings is 3. The third-order valence-corrected chi connectivity index (χ3v) is 5.28. The average Bonchev–Trinajstić information content (AvgIpc) is 3.36. The van der Waals surface area contributed by atoms with Crippen LogP contribution >= 0.6 is 0 Å². The summed E-state index contributed by atoms with van der Waals surface area (Å²) in [5.41, 5.74) is 9.04. The maximum atomic E-state index is 15.4. The van der Waals surface area contributed by atoms with Crippen molar-refractivity contribution in [3.05, 3.63) is 101 Å². The Kier molecular flexibility index (Phi) is 6.72. The van der Waals surface area contributed by atoms with Gasteiger partial charge >= 0.3 is 0 Å². The van der Waals surface area contributed by atoms with Crippen LogP contribution in [0.3, 0.4) is 0 Å². The van der Waals surface area contributed by atoms with E-state index in [-0.39, 0.29) is 11.4 Å². The first-order valence-corrected chi connectivity index (χ1v) is 10.6. The fourth-order valence-corrected chi connectivity index (χ4v) is 3.61. The van der Waals surface area contributed by atoms with Gasteiger partial charge in [0.1, 0.15) is 17.3 Å². The molecule has 1 aromatic heterocycles. The molecular weight excluding hydrogens is 465 g/mol. The van der Waals surface area contributed by atoms with Crippen LogP contribution in [0.15, 0.2) is 60.9 Å². The van der Waals surface area contributed by atoms with Crippen LogP contribution in [0.4, 0.5) is 39.0 Å². The van der Waals surface area contributed by atoms with Crippen LogP contribution < -0.4 is 16.6 Å². The van der Waals surface area contributed by atoms with E-state index >= 15 is 8.78 Å². The number of halogens is 5. The second-order valence-corrected chi connectivity index (χ2v) is 7.48. The summed E-state index contributed by atoms with van der Waals surface area (Å²) >= 11 is 0. The number of anilines is 3. The van der Waals surface area contributed by atoms with Crippen LogP contribution in [0, 0.1) is 29.1 Å². The van der Waals surface area contributed by atoms with Gasteiger partial charge in [0.2, 0.25) is 0 Å². The number of para-hydroxylation sites is 1. The molecule has 0 radical (unpaired) electrons. The molecule has 35 heavy (non-hydrogen) atoms. The third kappa shape index (κ3) is 4.54. The number of nitrogens with two attached hydrogens (primary N) is 1. The maximum Gasteiger partial charge on any atom is 0.158 e. The standard InChI is InChI=1S/C25H20F5N5/c1-2-4-14(25-32-11-12-33-25)13-7-8-15(21(29)23(13)31)20-16(26)9-10-19(22(20)30)34-35-24-17(27)5-3-6-18(24)28/h3-12,34-35H,2,31H2,1H3,(H,32,33)/b14-4-. The minimum absolute atomic E-state index is 0.301. The lowest BCUT2D eigenvalue weighted by atomic mass is 9.95. The Balaban J connectivity index is 1.74. The summed E-state index contributed by atoms with van der Waals surface area (Å²) in [6.07, 6.45) is 5.53. The maximum absolute atomic E-state index is 15.4. The molecule has 0 unspecified atom stereocenters. The molecule has 5 N–H and O–H groups in total. The molecule has 0 aliphatic carbocycles. The van der Waals surface area contributed by atoms with E-state index in [0.29, 0.717) is 23.4 Å². The zero-order chi connectivity index (χ0) is 25.1. The number of H-pyrrole nitrogens is 1. The second-order valence-electron chi connectivity index (χ2n) is 7.48. The summed E-state index contributed by atoms with van der Waals surface area (Å²) in [6.45, 7) is 1.88. The molecule has 0 bridgehead atoms. The summed E-state index contributed by atoms with van der Waals surface area (Å²) in [5, 5.41) is 0. The zero-order valence-corrected chi connectivity index (χ0v) is 18.4. The smallest absolute Gasteiger partial charge is 0.158 e. The van der Waals surface area contributed by atoms with Crippen LogP contribution in [0.25, 0.3) is 16.7 Å². The quantitative estimate of drug-likeness (QED) is 0.135. The lowest BCUT2D eigenvalue weighted by Gasteiger charge is -2.16. The molecule has 3 aromatic carbocycles. The largest absolute Gasteiger partial charge is 0.396 e. The van der Waals surface area contributed by atoms with E-state index in [1.165, 1.54) is 18.3 Å². The number of rotatable bonds is 7. The molecule has 180 valence electrons. The van der Waals surface area contributed by atoms with E-state index < -0.39 is 45.9 Å². The van der Waals surface area contributed by atoms with E-state index in [0.717, 1.165) is 30.3 Å². The zero-order valence-electron chi connectivity index (χ0n) is 18.4. The van der Waals surface area contributed by atoms with Crippen molar-refractivity contribution in [1.29, 1.82) is 0 Å². The fourth-order valence-electron chi connectivity index (χ4n) is 3.61. The molecule has 0 fully saturated rings. The molecular formula is C25H20F5N5. The van der Waals surface area contributed by atoms with E-state index in [2.05, 4.69) is 20.8 Å². The molecule has 4 aromatic rings. The number of nitrogens with zero attached hydrogens (tertiary/aromatic N) is 1. The van der Waals surface area contributed by atoms with Crippen molar-refractivity contribution in [2.75, 3.05) is 16.6 Å². The number of allylic oxidation sites excluding steroid dienone is 1. The Morgan fingerprint density at radius 1 is 0.943 bits per heavy atom. The van der Waals surface area contributed by atoms with Crippen molar-refractivity contribution >= 4 is 22.6 Å². The number of hydrogen-bond acceptors (Lipinski definition) is 4. The van der Waals surface area contributed by atoms with Crippen LogP contribution in [0.1, 0.15) is 24.7 Å². The highest BCUT2D eigenvalue weighted by Crippen LogP contribution is 2.38. The molecule has 4 rings (SSSR count). The van der Waals surface area contributed by atoms with Gasteiger partial charge in [-0.05, 0) is 30.7 Å². The highest BCUT2D eigenvalue weighted by Gasteiger charge is 2.23. The number of aromatic nitrogens is 2. The molecule has 0 saturated heterocycles. The predicted octanol–water partition coefficient (Wildman–Crippen LogP) is 6.64. The second kappa shape index (κ2) is 9.88. The van der Waals surface area contributed by atoms with Gasteiger partial charge in [-0.3, -0.25) is 10.9 Å². The van der Waals surface area contributed by atoms with Gasteiger partial charge in [-0.2, -0.15) is 0 Å². The van der Waals surface area contributed by atoms with Gasteiger partial charge in [0, 0.05) is 29.1 Å². The number of nitrogen functional groups attached to an aromatic ring is 1. The summed E-state index contributed by atoms with van der Waals surface area (Å²) in [4.78, 5) is 7.10. The molecule has 1 heterocycles. The molecule has 0 spiro atoms. The van der Waals surface area contributed by atoms with Gasteiger partial charge in [0.15, 0.2) is 23.3 Å². The van der Waals surface area contributed by atoms with Gasteiger partial charge in [0.05, 0.1) is 16.9 Å². The summed E-state index contributed by atoms with van der Waals surface area (Å²) in [6, 6.07) is 7.73. The summed E-state index contributed by atoms with van der Waals surface area (Å²) < 4.78 is 73.0. The van der Waals surface area contributed by atoms with Crippen LogP contribution in [-0.2, 0) is 0 Å². The Morgan fingerprint density at radius 3 is 2.34 bits per heavy atom. The lowest BCUT2D eigenvalue weighted by Crippen LogP contribution is -2.13. The monoisotopic (exact) mass is 485 g/mol. The predicted molar refractivity (Wildman–Crippen MR) is 126 cm³/mol.